The van der Waals surface area contributed by atoms with Gasteiger partial charge in [-0.05, 0) is 12.1 Å². The average Bonchev–Trinajstić information content (AvgIpc) is 2.25. The van der Waals surface area contributed by atoms with Gasteiger partial charge in [-0.15, -0.1) is 0 Å². The molecule has 8 heteroatoms. The predicted molar refractivity (Wildman–Crippen MR) is 58.9 cm³/mol. The molecule has 0 aromatic heterocycles. The second-order valence-corrected chi connectivity index (χ2v) is 4.91. The van der Waals surface area contributed by atoms with Crippen molar-refractivity contribution in [1.29, 1.82) is 5.26 Å². The number of primary sulfonamides is 1. The van der Waals surface area contributed by atoms with Crippen LogP contribution in [-0.2, 0) is 14.8 Å². The summed E-state index contributed by atoms with van der Waals surface area (Å²) < 4.78 is 26.8. The number of halogens is 1. The third-order valence-corrected chi connectivity index (χ3v) is 3.28. The van der Waals surface area contributed by atoms with Gasteiger partial charge in [0.1, 0.15) is 11.0 Å². The fourth-order valence-corrected chi connectivity index (χ4v) is 2.24. The number of carbonyl (C=O) groups is 1. The molecule has 0 unspecified atom stereocenters. The van der Waals surface area contributed by atoms with Crippen LogP contribution in [0.5, 0.6) is 0 Å². The highest BCUT2D eigenvalue weighted by molar-refractivity contribution is 7.89. The van der Waals surface area contributed by atoms with Gasteiger partial charge in [0, 0.05) is 0 Å². The van der Waals surface area contributed by atoms with Crippen molar-refractivity contribution < 1.29 is 17.9 Å². The molecule has 0 aliphatic heterocycles. The van der Waals surface area contributed by atoms with Crippen LogP contribution in [0.25, 0.3) is 0 Å². The molecule has 0 saturated carbocycles. The molecule has 1 rings (SSSR count). The summed E-state index contributed by atoms with van der Waals surface area (Å²) in [5, 5.41) is 13.5. The monoisotopic (exact) mass is 274 g/mol. The maximum Gasteiger partial charge on any atom is 0.339 e. The third kappa shape index (κ3) is 2.74. The minimum absolute atomic E-state index is 0.0887. The Kier molecular flexibility index (Phi) is 3.72. The van der Waals surface area contributed by atoms with Crippen LogP contribution < -0.4 is 5.14 Å². The summed E-state index contributed by atoms with van der Waals surface area (Å²) in [5.74, 6) is -0.844. The maximum absolute atomic E-state index is 11.3. The van der Waals surface area contributed by atoms with Gasteiger partial charge in [-0.25, -0.2) is 18.4 Å². The standard InChI is InChI=1S/C9H7ClN2O4S/c1-16-9(13)6-3-8(17(12,14)15)7(10)2-5(6)4-11/h2-3H,1H3,(H2,12,14,15). The number of carbonyl (C=O) groups excluding carboxylic acids is 1. The highest BCUT2D eigenvalue weighted by Crippen LogP contribution is 2.25. The Hall–Kier alpha value is -1.62. The summed E-state index contributed by atoms with van der Waals surface area (Å²) in [6.07, 6.45) is 0. The van der Waals surface area contributed by atoms with Gasteiger partial charge in [0.25, 0.3) is 0 Å². The van der Waals surface area contributed by atoms with E-state index in [9.17, 15) is 13.2 Å². The number of esters is 1. The van der Waals surface area contributed by atoms with Gasteiger partial charge >= 0.3 is 5.97 Å². The molecule has 0 amide bonds. The number of sulfonamides is 1. The highest BCUT2D eigenvalue weighted by atomic mass is 35.5. The smallest absolute Gasteiger partial charge is 0.339 e. The van der Waals surface area contributed by atoms with Crippen LogP contribution in [0.4, 0.5) is 0 Å². The molecule has 1 aromatic carbocycles. The number of nitriles is 1. The number of hydrogen-bond acceptors (Lipinski definition) is 5. The van der Waals surface area contributed by atoms with Crippen LogP contribution in [0.15, 0.2) is 17.0 Å². The topological polar surface area (TPSA) is 110 Å². The van der Waals surface area contributed by atoms with E-state index in [1.165, 1.54) is 0 Å². The Morgan fingerprint density at radius 1 is 1.53 bits per heavy atom. The molecule has 17 heavy (non-hydrogen) atoms. The average molecular weight is 275 g/mol. The number of nitrogens with zero attached hydrogens (tertiary/aromatic N) is 1. The number of methoxy groups -OCH3 is 1. The summed E-state index contributed by atoms with van der Waals surface area (Å²) in [7, 11) is -2.97. The molecule has 0 bridgehead atoms. The molecular weight excluding hydrogens is 268 g/mol. The van der Waals surface area contributed by atoms with Crippen molar-refractivity contribution >= 4 is 27.6 Å². The number of nitrogens with two attached hydrogens (primary N) is 1. The lowest BCUT2D eigenvalue weighted by atomic mass is 10.1. The first-order valence-electron chi connectivity index (χ1n) is 4.16. The van der Waals surface area contributed by atoms with E-state index < -0.39 is 20.9 Å². The summed E-state index contributed by atoms with van der Waals surface area (Å²) in [6.45, 7) is 0. The Morgan fingerprint density at radius 2 is 2.12 bits per heavy atom. The van der Waals surface area contributed by atoms with Crippen molar-refractivity contribution in [2.75, 3.05) is 7.11 Å². The zero-order valence-corrected chi connectivity index (χ0v) is 10.2. The molecular formula is C9H7ClN2O4S. The largest absolute Gasteiger partial charge is 0.465 e. The van der Waals surface area contributed by atoms with Crippen LogP contribution in [0.2, 0.25) is 5.02 Å². The van der Waals surface area contributed by atoms with E-state index in [0.717, 1.165) is 19.2 Å². The van der Waals surface area contributed by atoms with Crippen LogP contribution in [0.1, 0.15) is 15.9 Å². The zero-order chi connectivity index (χ0) is 13.2. The Bertz CT molecular complexity index is 619. The van der Waals surface area contributed by atoms with Gasteiger partial charge in [0.05, 0.1) is 23.3 Å². The minimum atomic E-state index is -4.07. The van der Waals surface area contributed by atoms with E-state index in [2.05, 4.69) is 4.74 Å². The van der Waals surface area contributed by atoms with E-state index in [4.69, 9.17) is 22.0 Å². The number of ether oxygens (including phenoxy) is 1. The molecule has 0 spiro atoms. The fraction of sp³-hybridized carbons (Fsp3) is 0.111. The van der Waals surface area contributed by atoms with E-state index >= 15 is 0 Å². The van der Waals surface area contributed by atoms with Crippen molar-refractivity contribution in [3.8, 4) is 6.07 Å². The molecule has 6 nitrogen and oxygen atoms in total. The summed E-state index contributed by atoms with van der Waals surface area (Å²) in [6, 6.07) is 3.68. The molecule has 0 saturated heterocycles. The molecule has 0 radical (unpaired) electrons. The van der Waals surface area contributed by atoms with E-state index in [0.29, 0.717) is 0 Å². The SMILES string of the molecule is COC(=O)c1cc(S(N)(=O)=O)c(Cl)cc1C#N. The van der Waals surface area contributed by atoms with E-state index in [-0.39, 0.29) is 16.1 Å². The van der Waals surface area contributed by atoms with Crippen LogP contribution in [0, 0.1) is 11.3 Å². The fourth-order valence-electron chi connectivity index (χ4n) is 1.14. The van der Waals surface area contributed by atoms with Crippen LogP contribution >= 0.6 is 11.6 Å². The molecule has 0 fully saturated rings. The van der Waals surface area contributed by atoms with Gasteiger partial charge in [0.15, 0.2) is 0 Å². The van der Waals surface area contributed by atoms with Crippen molar-refractivity contribution in [3.05, 3.63) is 28.3 Å². The van der Waals surface area contributed by atoms with Gasteiger partial charge in [-0.3, -0.25) is 0 Å². The Morgan fingerprint density at radius 3 is 2.53 bits per heavy atom. The first-order valence-corrected chi connectivity index (χ1v) is 6.08. The predicted octanol–water partition coefficient (Wildman–Crippen LogP) is 0.646. The molecule has 0 aliphatic rings. The van der Waals surface area contributed by atoms with E-state index in [1.807, 2.05) is 0 Å². The van der Waals surface area contributed by atoms with Crippen molar-refractivity contribution in [1.82, 2.24) is 0 Å². The highest BCUT2D eigenvalue weighted by Gasteiger charge is 2.20. The van der Waals surface area contributed by atoms with Gasteiger partial charge in [-0.1, -0.05) is 11.6 Å². The third-order valence-electron chi connectivity index (χ3n) is 1.90. The van der Waals surface area contributed by atoms with Crippen LogP contribution in [0.3, 0.4) is 0 Å². The van der Waals surface area contributed by atoms with E-state index in [1.54, 1.807) is 6.07 Å². The van der Waals surface area contributed by atoms with Crippen molar-refractivity contribution in [3.63, 3.8) is 0 Å². The molecule has 2 N–H and O–H groups in total. The molecule has 90 valence electrons. The quantitative estimate of drug-likeness (QED) is 0.796. The Balaban J connectivity index is 3.62. The number of rotatable bonds is 2. The van der Waals surface area contributed by atoms with Gasteiger partial charge in [-0.2, -0.15) is 5.26 Å². The molecule has 1 aromatic rings. The molecule has 0 heterocycles. The molecule has 0 aliphatic carbocycles. The Labute approximate surface area is 103 Å². The van der Waals surface area contributed by atoms with Gasteiger partial charge in [0.2, 0.25) is 10.0 Å². The first kappa shape index (κ1) is 13.4. The second-order valence-electron chi connectivity index (χ2n) is 2.98. The number of hydrogen-bond donors (Lipinski definition) is 1. The van der Waals surface area contributed by atoms with Crippen LogP contribution in [-0.4, -0.2) is 21.5 Å². The number of benzene rings is 1. The lowest BCUT2D eigenvalue weighted by Gasteiger charge is -2.06. The lowest BCUT2D eigenvalue weighted by Crippen LogP contribution is -2.15. The summed E-state index contributed by atoms with van der Waals surface area (Å²) >= 11 is 5.65. The van der Waals surface area contributed by atoms with Crippen molar-refractivity contribution in [2.45, 2.75) is 4.90 Å². The molecule has 0 atom stereocenters. The summed E-state index contributed by atoms with van der Waals surface area (Å²) in [5.41, 5.74) is -0.294. The first-order chi connectivity index (χ1) is 7.81. The van der Waals surface area contributed by atoms with Crippen molar-refractivity contribution in [2.24, 2.45) is 5.14 Å². The second kappa shape index (κ2) is 4.71. The minimum Gasteiger partial charge on any atom is -0.465 e. The van der Waals surface area contributed by atoms with Gasteiger partial charge < -0.3 is 4.74 Å². The maximum atomic E-state index is 11.3. The zero-order valence-electron chi connectivity index (χ0n) is 8.60. The normalized spacial score (nSPS) is 10.7. The summed E-state index contributed by atoms with van der Waals surface area (Å²) in [4.78, 5) is 10.9. The lowest BCUT2D eigenvalue weighted by molar-refractivity contribution is 0.0600.